The molecule has 0 atom stereocenters. The predicted molar refractivity (Wildman–Crippen MR) is 294 cm³/mol. The first kappa shape index (κ1) is 47.6. The van der Waals surface area contributed by atoms with Crippen molar-refractivity contribution in [2.45, 2.75) is 13.3 Å². The summed E-state index contributed by atoms with van der Waals surface area (Å²) in [5.74, 6) is -4.83. The lowest BCUT2D eigenvalue weighted by molar-refractivity contribution is 0.348. The van der Waals surface area contributed by atoms with Crippen LogP contribution in [-0.2, 0) is 6.42 Å². The minimum atomic E-state index is -0.791. The van der Waals surface area contributed by atoms with Gasteiger partial charge in [0.1, 0.15) is 21.4 Å². The molecule has 0 spiro atoms. The van der Waals surface area contributed by atoms with Crippen molar-refractivity contribution in [3.63, 3.8) is 0 Å². The second kappa shape index (κ2) is 20.3. The minimum Gasteiger partial charge on any atom is -0.508 e. The van der Waals surface area contributed by atoms with Crippen LogP contribution in [0.3, 0.4) is 0 Å². The molecule has 0 saturated carbocycles. The third-order valence-electron chi connectivity index (χ3n) is 13.0. The number of hydrogen-bond acceptors (Lipinski definition) is 10. The van der Waals surface area contributed by atoms with Crippen LogP contribution in [0.15, 0.2) is 206 Å². The lowest BCUT2D eigenvalue weighted by atomic mass is 9.84. The van der Waals surface area contributed by atoms with Gasteiger partial charge in [-0.05, 0) is 130 Å². The Morgan fingerprint density at radius 3 is 1.21 bits per heavy atom. The molecule has 0 amide bonds. The fourth-order valence-electron chi connectivity index (χ4n) is 8.98. The molecular weight excluding hydrogens is 898 g/mol. The number of phenols is 8. The normalized spacial score (nSPS) is 11.5. The zero-order valence-electron chi connectivity index (χ0n) is 39.7. The van der Waals surface area contributed by atoms with Gasteiger partial charge in [-0.1, -0.05) is 133 Å². The maximum absolute atomic E-state index is 10.9. The SMILES string of the molecule is Bc1c(O)c(O)c(O)c(-c2ccc(N(c3ccc(-c4ccccc4)cc3)c3ccc(-c4ccc(N(C(/C=C\Cc5ccccc5)=C/C)c5ccc(-c6c(B)c(O)c(O)c(O)c6O)cc5)cc4)cc3)cc2)c1O. The van der Waals surface area contributed by atoms with Crippen LogP contribution in [0.2, 0.25) is 0 Å². The fraction of sp³-hybridized carbons (Fsp3) is 0.0333. The molecule has 0 aromatic heterocycles. The number of allylic oxidation sites excluding steroid dienone is 3. The van der Waals surface area contributed by atoms with E-state index in [0.29, 0.717) is 11.1 Å². The summed E-state index contributed by atoms with van der Waals surface area (Å²) in [6.07, 6.45) is 6.98. The highest BCUT2D eigenvalue weighted by Gasteiger charge is 2.24. The molecule has 8 N–H and O–H groups in total. The quantitative estimate of drug-likeness (QED) is 0.0241. The maximum Gasteiger partial charge on any atom is 0.204 e. The van der Waals surface area contributed by atoms with Crippen LogP contribution in [0.5, 0.6) is 46.0 Å². The molecule has 9 aromatic rings. The van der Waals surface area contributed by atoms with Crippen molar-refractivity contribution in [2.75, 3.05) is 9.80 Å². The largest absolute Gasteiger partial charge is 0.508 e. The van der Waals surface area contributed by atoms with Gasteiger partial charge in [0.25, 0.3) is 0 Å². The number of aromatic hydroxyl groups is 8. The van der Waals surface area contributed by atoms with Crippen molar-refractivity contribution in [3.05, 3.63) is 211 Å². The van der Waals surface area contributed by atoms with E-state index in [-0.39, 0.29) is 27.8 Å². The molecule has 0 radical (unpaired) electrons. The molecule has 0 saturated heterocycles. The predicted octanol–water partition coefficient (Wildman–Crippen LogP) is 10.8. The minimum absolute atomic E-state index is 0.0107. The fourth-order valence-corrected chi connectivity index (χ4v) is 8.98. The van der Waals surface area contributed by atoms with E-state index in [1.165, 1.54) is 13.4 Å². The van der Waals surface area contributed by atoms with Crippen LogP contribution in [0.25, 0.3) is 44.5 Å². The van der Waals surface area contributed by atoms with Crippen LogP contribution in [0.1, 0.15) is 12.5 Å². The van der Waals surface area contributed by atoms with Crippen molar-refractivity contribution in [1.29, 1.82) is 0 Å². The van der Waals surface area contributed by atoms with E-state index in [9.17, 15) is 40.9 Å². The van der Waals surface area contributed by atoms with Crippen molar-refractivity contribution in [1.82, 2.24) is 0 Å². The molecular formula is C60H50B2N2O8. The highest BCUT2D eigenvalue weighted by atomic mass is 16.3. The standard InChI is InChI=1S/C60H50B2N2O8/c1-2-43(15-9-12-36-10-5-3-6-11-36)63(45-32-22-41(23-33-45)49-51(61)56(68)60(72)59(71)54(49)66)44-26-18-39(19-27-44)40-20-30-47(31-21-40)64(46-28-16-38(17-29-46)37-13-7-4-8-14-37)48-34-24-42(25-35-48)50-53(65)52(62)57(69)58(70)55(50)67/h2-11,13-35,65-72H,12,61-62H2,1H3/b15-9-,43-2+. The third-order valence-corrected chi connectivity index (χ3v) is 13.0. The first-order chi connectivity index (χ1) is 34.8. The van der Waals surface area contributed by atoms with Gasteiger partial charge in [0.2, 0.25) is 17.2 Å². The molecule has 0 aliphatic rings. The molecule has 0 fully saturated rings. The Bertz CT molecular complexity index is 3400. The third kappa shape index (κ3) is 9.24. The van der Waals surface area contributed by atoms with Gasteiger partial charge in [-0.15, -0.1) is 0 Å². The van der Waals surface area contributed by atoms with Gasteiger partial charge >= 0.3 is 0 Å². The molecule has 9 rings (SSSR count). The zero-order valence-corrected chi connectivity index (χ0v) is 39.7. The number of benzene rings is 9. The Morgan fingerprint density at radius 2 is 0.736 bits per heavy atom. The van der Waals surface area contributed by atoms with Gasteiger partial charge in [0.05, 0.1) is 5.56 Å². The number of hydrogen-bond donors (Lipinski definition) is 8. The van der Waals surface area contributed by atoms with E-state index >= 15 is 0 Å². The van der Waals surface area contributed by atoms with Crippen molar-refractivity contribution < 1.29 is 40.9 Å². The highest BCUT2D eigenvalue weighted by molar-refractivity contribution is 6.39. The Labute approximate surface area is 419 Å². The van der Waals surface area contributed by atoms with Gasteiger partial charge in [-0.3, -0.25) is 0 Å². The summed E-state index contributed by atoms with van der Waals surface area (Å²) in [4.78, 5) is 4.23. The number of rotatable bonds is 13. The Morgan fingerprint density at radius 1 is 0.375 bits per heavy atom. The number of phenolic OH excluding ortho intramolecular Hbond substituents is 8. The second-order valence-corrected chi connectivity index (χ2v) is 17.4. The van der Waals surface area contributed by atoms with Crippen molar-refractivity contribution in [2.24, 2.45) is 0 Å². The van der Waals surface area contributed by atoms with Gasteiger partial charge in [0, 0.05) is 39.7 Å². The summed E-state index contributed by atoms with van der Waals surface area (Å²) in [7, 11) is 3.02. The summed E-state index contributed by atoms with van der Waals surface area (Å²) < 4.78 is 0. The topological polar surface area (TPSA) is 168 Å². The highest BCUT2D eigenvalue weighted by Crippen LogP contribution is 2.48. The number of nitrogens with zero attached hydrogens (tertiary/aromatic N) is 2. The van der Waals surface area contributed by atoms with Crippen LogP contribution in [0.4, 0.5) is 28.4 Å². The molecule has 72 heavy (non-hydrogen) atoms. The summed E-state index contributed by atoms with van der Waals surface area (Å²) >= 11 is 0. The number of anilines is 5. The average Bonchev–Trinajstić information content (AvgIpc) is 3.42. The molecule has 354 valence electrons. The van der Waals surface area contributed by atoms with E-state index in [2.05, 4.69) is 119 Å². The first-order valence-corrected chi connectivity index (χ1v) is 23.3. The van der Waals surface area contributed by atoms with Crippen molar-refractivity contribution in [3.8, 4) is 90.5 Å². The van der Waals surface area contributed by atoms with E-state index in [4.69, 9.17) is 0 Å². The smallest absolute Gasteiger partial charge is 0.204 e. The molecule has 12 heteroatoms. The van der Waals surface area contributed by atoms with Gasteiger partial charge in [-0.25, -0.2) is 0 Å². The van der Waals surface area contributed by atoms with Crippen LogP contribution >= 0.6 is 0 Å². The van der Waals surface area contributed by atoms with Crippen LogP contribution in [-0.4, -0.2) is 56.5 Å². The monoisotopic (exact) mass is 948 g/mol. The van der Waals surface area contributed by atoms with Crippen LogP contribution < -0.4 is 20.7 Å². The lowest BCUT2D eigenvalue weighted by Crippen LogP contribution is -2.15. The van der Waals surface area contributed by atoms with Gasteiger partial charge in [0.15, 0.2) is 23.0 Å². The Kier molecular flexibility index (Phi) is 13.4. The zero-order chi connectivity index (χ0) is 50.6. The Hall–Kier alpha value is -9.41. The van der Waals surface area contributed by atoms with Crippen LogP contribution in [0, 0.1) is 0 Å². The first-order valence-electron chi connectivity index (χ1n) is 23.3. The molecule has 0 aliphatic carbocycles. The van der Waals surface area contributed by atoms with Gasteiger partial charge in [-0.2, -0.15) is 0 Å². The second-order valence-electron chi connectivity index (χ2n) is 17.4. The summed E-state index contributed by atoms with van der Waals surface area (Å²) in [6, 6.07) is 59.8. The maximum atomic E-state index is 10.9. The van der Waals surface area contributed by atoms with E-state index < -0.39 is 40.2 Å². The molecule has 9 aromatic carbocycles. The summed E-state index contributed by atoms with van der Waals surface area (Å²) in [6.45, 7) is 1.98. The van der Waals surface area contributed by atoms with E-state index in [1.807, 2.05) is 73.7 Å². The molecule has 0 unspecified atom stereocenters. The molecule has 0 aliphatic heterocycles. The Balaban J connectivity index is 1.05. The summed E-state index contributed by atoms with van der Waals surface area (Å²) in [5.41, 5.74) is 11.9. The van der Waals surface area contributed by atoms with Gasteiger partial charge < -0.3 is 50.7 Å². The molecule has 0 bridgehead atoms. The van der Waals surface area contributed by atoms with E-state index in [1.54, 1.807) is 32.1 Å². The van der Waals surface area contributed by atoms with E-state index in [0.717, 1.165) is 62.8 Å². The lowest BCUT2D eigenvalue weighted by Gasteiger charge is -2.27. The molecule has 10 nitrogen and oxygen atoms in total. The van der Waals surface area contributed by atoms with Crippen molar-refractivity contribution >= 4 is 55.1 Å². The summed E-state index contributed by atoms with van der Waals surface area (Å²) in [5, 5.41) is 84.1. The average molecular weight is 949 g/mol. The molecule has 0 heterocycles.